The van der Waals surface area contributed by atoms with Gasteiger partial charge in [-0.1, -0.05) is 48.5 Å². The van der Waals surface area contributed by atoms with E-state index in [-0.39, 0.29) is 0 Å². The van der Waals surface area contributed by atoms with E-state index in [0.29, 0.717) is 0 Å². The van der Waals surface area contributed by atoms with Crippen LogP contribution in [0, 0.1) is 0 Å². The van der Waals surface area contributed by atoms with Crippen molar-refractivity contribution in [3.8, 4) is 0 Å². The van der Waals surface area contributed by atoms with Gasteiger partial charge in [0.05, 0.1) is 0 Å². The van der Waals surface area contributed by atoms with Crippen LogP contribution in [0.25, 0.3) is 32.3 Å². The monoisotopic (exact) mass is 228 g/mol. The average Bonchev–Trinajstić information content (AvgIpc) is 2.83. The van der Waals surface area contributed by atoms with Crippen LogP contribution in [0.1, 0.15) is 11.1 Å². The highest BCUT2D eigenvalue weighted by atomic mass is 14.2. The van der Waals surface area contributed by atoms with E-state index in [4.69, 9.17) is 0 Å². The van der Waals surface area contributed by atoms with Crippen molar-refractivity contribution in [1.29, 1.82) is 0 Å². The summed E-state index contributed by atoms with van der Waals surface area (Å²) in [6.07, 6.45) is 2.42. The van der Waals surface area contributed by atoms with Gasteiger partial charge in [-0.3, -0.25) is 0 Å². The molecule has 0 nitrogen and oxygen atoms in total. The zero-order valence-electron chi connectivity index (χ0n) is 10.0. The van der Waals surface area contributed by atoms with Gasteiger partial charge in [-0.15, -0.1) is 0 Å². The molecule has 0 amide bonds. The van der Waals surface area contributed by atoms with Crippen molar-refractivity contribution in [2.45, 2.75) is 12.8 Å². The Kier molecular flexibility index (Phi) is 1.41. The molecule has 0 saturated carbocycles. The first-order chi connectivity index (χ1) is 8.92. The topological polar surface area (TPSA) is 0 Å². The SMILES string of the molecule is c1cc2ccc3ccc4c5c(cc(c1)c2c35)CC4. The van der Waals surface area contributed by atoms with Crippen LogP contribution in [0.4, 0.5) is 0 Å². The van der Waals surface area contributed by atoms with E-state index in [0.717, 1.165) is 0 Å². The first kappa shape index (κ1) is 8.93. The lowest BCUT2D eigenvalue weighted by Crippen LogP contribution is -1.86. The Labute approximate surface area is 105 Å². The lowest BCUT2D eigenvalue weighted by Gasteiger charge is -2.12. The Morgan fingerprint density at radius 1 is 0.556 bits per heavy atom. The van der Waals surface area contributed by atoms with Crippen LogP contribution in [-0.2, 0) is 12.8 Å². The van der Waals surface area contributed by atoms with Crippen LogP contribution >= 0.6 is 0 Å². The predicted molar refractivity (Wildman–Crippen MR) is 77.6 cm³/mol. The lowest BCUT2D eigenvalue weighted by atomic mass is 9.92. The summed E-state index contributed by atoms with van der Waals surface area (Å²) >= 11 is 0. The van der Waals surface area contributed by atoms with Gasteiger partial charge in [0.1, 0.15) is 0 Å². The number of hydrogen-bond acceptors (Lipinski definition) is 0. The average molecular weight is 228 g/mol. The molecule has 0 fully saturated rings. The van der Waals surface area contributed by atoms with Crippen molar-refractivity contribution in [2.24, 2.45) is 0 Å². The minimum Gasteiger partial charge on any atom is -0.0610 e. The van der Waals surface area contributed by atoms with E-state index in [1.165, 1.54) is 50.7 Å². The van der Waals surface area contributed by atoms with Crippen molar-refractivity contribution in [2.75, 3.05) is 0 Å². The van der Waals surface area contributed by atoms with Crippen molar-refractivity contribution < 1.29 is 0 Å². The summed E-state index contributed by atoms with van der Waals surface area (Å²) in [5, 5.41) is 8.65. The summed E-state index contributed by atoms with van der Waals surface area (Å²) in [7, 11) is 0. The summed E-state index contributed by atoms with van der Waals surface area (Å²) in [5.74, 6) is 0. The van der Waals surface area contributed by atoms with E-state index in [9.17, 15) is 0 Å². The van der Waals surface area contributed by atoms with Crippen LogP contribution < -0.4 is 0 Å². The van der Waals surface area contributed by atoms with Crippen molar-refractivity contribution >= 4 is 32.3 Å². The van der Waals surface area contributed by atoms with Crippen LogP contribution in [0.15, 0.2) is 48.5 Å². The lowest BCUT2D eigenvalue weighted by molar-refractivity contribution is 1.03. The molecule has 0 atom stereocenters. The molecule has 0 bridgehead atoms. The fourth-order valence-corrected chi connectivity index (χ4v) is 3.69. The second-order valence-corrected chi connectivity index (χ2v) is 5.38. The van der Waals surface area contributed by atoms with E-state index >= 15 is 0 Å². The van der Waals surface area contributed by atoms with Crippen LogP contribution in [0.2, 0.25) is 0 Å². The molecule has 0 heteroatoms. The third-order valence-corrected chi connectivity index (χ3v) is 4.46. The zero-order chi connectivity index (χ0) is 11.7. The highest BCUT2D eigenvalue weighted by Crippen LogP contribution is 2.41. The van der Waals surface area contributed by atoms with Crippen molar-refractivity contribution in [3.63, 3.8) is 0 Å². The Bertz CT molecular complexity index is 915. The van der Waals surface area contributed by atoms with Crippen LogP contribution in [0.5, 0.6) is 0 Å². The number of rotatable bonds is 0. The molecule has 0 aromatic heterocycles. The second kappa shape index (κ2) is 2.84. The minimum atomic E-state index is 1.21. The molecule has 1 aliphatic rings. The molecule has 18 heavy (non-hydrogen) atoms. The van der Waals surface area contributed by atoms with Gasteiger partial charge in [-0.25, -0.2) is 0 Å². The molecule has 0 unspecified atom stereocenters. The van der Waals surface area contributed by atoms with E-state index in [1.807, 2.05) is 0 Å². The number of hydrogen-bond donors (Lipinski definition) is 0. The maximum absolute atomic E-state index is 2.40. The molecular weight excluding hydrogens is 216 g/mol. The van der Waals surface area contributed by atoms with E-state index in [2.05, 4.69) is 48.5 Å². The standard InChI is InChI=1S/C18H12/c1-2-11-4-6-13-7-5-12-8-9-15-10-14(3-1)16(11)18(13)17(12)15/h1-7,10H,8-9H2. The van der Waals surface area contributed by atoms with Gasteiger partial charge >= 0.3 is 0 Å². The fourth-order valence-electron chi connectivity index (χ4n) is 3.69. The predicted octanol–water partition coefficient (Wildman–Crippen LogP) is 4.68. The fraction of sp³-hybridized carbons (Fsp3) is 0.111. The minimum absolute atomic E-state index is 1.21. The molecule has 5 rings (SSSR count). The molecule has 0 saturated heterocycles. The molecule has 0 radical (unpaired) electrons. The third-order valence-electron chi connectivity index (χ3n) is 4.46. The van der Waals surface area contributed by atoms with Gasteiger partial charge in [-0.2, -0.15) is 0 Å². The van der Waals surface area contributed by atoms with Gasteiger partial charge in [0.15, 0.2) is 0 Å². The highest BCUT2D eigenvalue weighted by molar-refractivity contribution is 6.24. The molecular formula is C18H12. The molecule has 4 aromatic carbocycles. The smallest absolute Gasteiger partial charge is 0.00213 e. The molecule has 0 N–H and O–H groups in total. The largest absolute Gasteiger partial charge is 0.0610 e. The normalized spacial score (nSPS) is 14.2. The molecule has 84 valence electrons. The Balaban J connectivity index is 2.27. The van der Waals surface area contributed by atoms with Gasteiger partial charge in [0, 0.05) is 0 Å². The Hall–Kier alpha value is -2.08. The third kappa shape index (κ3) is 0.896. The first-order valence-electron chi connectivity index (χ1n) is 6.60. The maximum Gasteiger partial charge on any atom is -0.00213 e. The summed E-state index contributed by atoms with van der Waals surface area (Å²) in [4.78, 5) is 0. The summed E-state index contributed by atoms with van der Waals surface area (Å²) in [6.45, 7) is 0. The summed E-state index contributed by atoms with van der Waals surface area (Å²) in [6, 6.07) is 18.2. The van der Waals surface area contributed by atoms with Gasteiger partial charge in [-0.05, 0) is 56.3 Å². The van der Waals surface area contributed by atoms with Crippen LogP contribution in [0.3, 0.4) is 0 Å². The molecule has 0 aliphatic heterocycles. The van der Waals surface area contributed by atoms with E-state index in [1.54, 1.807) is 5.56 Å². The zero-order valence-corrected chi connectivity index (χ0v) is 10.0. The number of benzene rings is 4. The molecule has 0 heterocycles. The maximum atomic E-state index is 2.40. The Morgan fingerprint density at radius 2 is 1.28 bits per heavy atom. The van der Waals surface area contributed by atoms with Crippen molar-refractivity contribution in [1.82, 2.24) is 0 Å². The molecule has 4 aromatic rings. The van der Waals surface area contributed by atoms with E-state index < -0.39 is 0 Å². The second-order valence-electron chi connectivity index (χ2n) is 5.38. The van der Waals surface area contributed by atoms with Gasteiger partial charge in [0.25, 0.3) is 0 Å². The molecule has 1 aliphatic carbocycles. The van der Waals surface area contributed by atoms with Gasteiger partial charge < -0.3 is 0 Å². The van der Waals surface area contributed by atoms with Crippen molar-refractivity contribution in [3.05, 3.63) is 59.7 Å². The quantitative estimate of drug-likeness (QED) is 0.383. The summed E-state index contributed by atoms with van der Waals surface area (Å²) in [5.41, 5.74) is 3.08. The summed E-state index contributed by atoms with van der Waals surface area (Å²) < 4.78 is 0. The molecule has 0 spiro atoms. The number of aryl methyl sites for hydroxylation is 2. The first-order valence-corrected chi connectivity index (χ1v) is 6.60. The van der Waals surface area contributed by atoms with Gasteiger partial charge in [0.2, 0.25) is 0 Å². The van der Waals surface area contributed by atoms with Crippen LogP contribution in [-0.4, -0.2) is 0 Å². The highest BCUT2D eigenvalue weighted by Gasteiger charge is 2.18. The Morgan fingerprint density at radius 3 is 2.22 bits per heavy atom.